The molecule has 1 N–H and O–H groups in total. The summed E-state index contributed by atoms with van der Waals surface area (Å²) < 4.78 is 0. The second kappa shape index (κ2) is 4.69. The zero-order valence-electron chi connectivity index (χ0n) is 10.7. The first-order chi connectivity index (χ1) is 8.33. The summed E-state index contributed by atoms with van der Waals surface area (Å²) in [5.74, 6) is 1.71. The Bertz CT molecular complexity index is 384. The first-order valence-corrected chi connectivity index (χ1v) is 6.86. The lowest BCUT2D eigenvalue weighted by Gasteiger charge is -2.37. The number of para-hydroxylation sites is 1. The van der Waals surface area contributed by atoms with Crippen LogP contribution in [0.2, 0.25) is 0 Å². The van der Waals surface area contributed by atoms with E-state index in [1.54, 1.807) is 0 Å². The molecule has 3 rings (SSSR count). The Hall–Kier alpha value is -1.02. The van der Waals surface area contributed by atoms with Crippen molar-refractivity contribution in [3.8, 4) is 0 Å². The largest absolute Gasteiger partial charge is 0.371 e. The average Bonchev–Trinajstić information content (AvgIpc) is 2.26. The van der Waals surface area contributed by atoms with Crippen LogP contribution < -0.4 is 10.2 Å². The first kappa shape index (κ1) is 11.1. The molecule has 0 amide bonds. The zero-order chi connectivity index (χ0) is 11.7. The minimum absolute atomic E-state index is 0.796. The molecule has 17 heavy (non-hydrogen) atoms. The second-order valence-electron chi connectivity index (χ2n) is 5.70. The van der Waals surface area contributed by atoms with Crippen LogP contribution in [0.25, 0.3) is 0 Å². The Morgan fingerprint density at radius 3 is 2.88 bits per heavy atom. The minimum Gasteiger partial charge on any atom is -0.371 e. The number of anilines is 1. The Morgan fingerprint density at radius 1 is 1.29 bits per heavy atom. The summed E-state index contributed by atoms with van der Waals surface area (Å²) in [4.78, 5) is 2.60. The molecule has 1 fully saturated rings. The molecule has 1 atom stereocenters. The third-order valence-corrected chi connectivity index (χ3v) is 4.11. The predicted octanol–water partition coefficient (Wildman–Crippen LogP) is 2.29. The van der Waals surface area contributed by atoms with Gasteiger partial charge in [0.25, 0.3) is 0 Å². The maximum Gasteiger partial charge on any atom is 0.0398 e. The molecule has 2 heteroatoms. The number of rotatable bonds is 3. The summed E-state index contributed by atoms with van der Waals surface area (Å²) in [6.07, 6.45) is 2.59. The lowest BCUT2D eigenvalue weighted by Crippen LogP contribution is -2.44. The molecule has 0 aromatic heterocycles. The van der Waals surface area contributed by atoms with Crippen LogP contribution in [0.3, 0.4) is 0 Å². The van der Waals surface area contributed by atoms with Gasteiger partial charge in [-0.15, -0.1) is 0 Å². The average molecular weight is 230 g/mol. The van der Waals surface area contributed by atoms with Crippen molar-refractivity contribution >= 4 is 5.69 Å². The van der Waals surface area contributed by atoms with E-state index >= 15 is 0 Å². The fraction of sp³-hybridized carbons (Fsp3) is 0.600. The lowest BCUT2D eigenvalue weighted by atomic mass is 9.92. The highest BCUT2D eigenvalue weighted by molar-refractivity contribution is 5.55. The molecule has 1 unspecified atom stereocenters. The Labute approximate surface area is 104 Å². The highest BCUT2D eigenvalue weighted by Gasteiger charge is 2.23. The zero-order valence-corrected chi connectivity index (χ0v) is 10.7. The Balaban J connectivity index is 1.70. The summed E-state index contributed by atoms with van der Waals surface area (Å²) >= 11 is 0. The number of nitrogens with zero attached hydrogens (tertiary/aromatic N) is 1. The normalized spacial score (nSPS) is 24.3. The molecule has 1 aromatic rings. The lowest BCUT2D eigenvalue weighted by molar-refractivity contribution is 0.326. The van der Waals surface area contributed by atoms with Gasteiger partial charge in [0.15, 0.2) is 0 Å². The highest BCUT2D eigenvalue weighted by Crippen LogP contribution is 2.29. The molecule has 0 spiro atoms. The Kier molecular flexibility index (Phi) is 3.06. The molecular formula is C15H22N2. The van der Waals surface area contributed by atoms with E-state index in [0.29, 0.717) is 0 Å². The molecule has 1 aromatic carbocycles. The molecule has 0 bridgehead atoms. The van der Waals surface area contributed by atoms with Gasteiger partial charge in [-0.25, -0.2) is 0 Å². The fourth-order valence-corrected chi connectivity index (χ4v) is 3.01. The third kappa shape index (κ3) is 2.32. The van der Waals surface area contributed by atoms with Gasteiger partial charge in [0.1, 0.15) is 0 Å². The van der Waals surface area contributed by atoms with Gasteiger partial charge in [0, 0.05) is 18.8 Å². The maximum atomic E-state index is 3.36. The van der Waals surface area contributed by atoms with Crippen LogP contribution in [0, 0.1) is 11.8 Å². The smallest absolute Gasteiger partial charge is 0.0398 e. The van der Waals surface area contributed by atoms with Crippen LogP contribution in [0.1, 0.15) is 18.9 Å². The molecule has 0 saturated carbocycles. The molecule has 0 radical (unpaired) electrons. The van der Waals surface area contributed by atoms with Crippen LogP contribution in [0.15, 0.2) is 24.3 Å². The molecule has 0 aliphatic carbocycles. The SMILES string of the molecule is CC1Cc2ccccc2N(CCC2CNC2)C1. The number of benzene rings is 1. The van der Waals surface area contributed by atoms with E-state index in [1.807, 2.05) is 0 Å². The minimum atomic E-state index is 0.796. The van der Waals surface area contributed by atoms with Crippen molar-refractivity contribution in [2.75, 3.05) is 31.1 Å². The molecule has 2 aliphatic heterocycles. The number of hydrogen-bond acceptors (Lipinski definition) is 2. The summed E-state index contributed by atoms with van der Waals surface area (Å²) in [6.45, 7) is 7.29. The van der Waals surface area contributed by atoms with Gasteiger partial charge in [-0.05, 0) is 49.4 Å². The van der Waals surface area contributed by atoms with Crippen molar-refractivity contribution < 1.29 is 0 Å². The summed E-state index contributed by atoms with van der Waals surface area (Å²) in [5.41, 5.74) is 3.02. The van der Waals surface area contributed by atoms with Gasteiger partial charge in [-0.1, -0.05) is 25.1 Å². The van der Waals surface area contributed by atoms with E-state index in [2.05, 4.69) is 41.4 Å². The van der Waals surface area contributed by atoms with Crippen molar-refractivity contribution in [2.45, 2.75) is 19.8 Å². The number of nitrogens with one attached hydrogen (secondary N) is 1. The second-order valence-corrected chi connectivity index (χ2v) is 5.70. The summed E-state index contributed by atoms with van der Waals surface area (Å²) in [7, 11) is 0. The summed E-state index contributed by atoms with van der Waals surface area (Å²) in [5, 5.41) is 3.36. The third-order valence-electron chi connectivity index (χ3n) is 4.11. The van der Waals surface area contributed by atoms with Gasteiger partial charge in [-0.2, -0.15) is 0 Å². The highest BCUT2D eigenvalue weighted by atomic mass is 15.1. The van der Waals surface area contributed by atoms with Crippen LogP contribution in [-0.2, 0) is 6.42 Å². The van der Waals surface area contributed by atoms with Gasteiger partial charge < -0.3 is 10.2 Å². The van der Waals surface area contributed by atoms with E-state index in [0.717, 1.165) is 11.8 Å². The maximum absolute atomic E-state index is 3.36. The fourth-order valence-electron chi connectivity index (χ4n) is 3.01. The molecule has 2 nitrogen and oxygen atoms in total. The van der Waals surface area contributed by atoms with Crippen molar-refractivity contribution in [2.24, 2.45) is 11.8 Å². The van der Waals surface area contributed by atoms with E-state index < -0.39 is 0 Å². The molecule has 92 valence electrons. The first-order valence-electron chi connectivity index (χ1n) is 6.86. The Morgan fingerprint density at radius 2 is 2.12 bits per heavy atom. The van der Waals surface area contributed by atoms with Crippen molar-refractivity contribution in [3.05, 3.63) is 29.8 Å². The quantitative estimate of drug-likeness (QED) is 0.857. The van der Waals surface area contributed by atoms with Crippen LogP contribution in [0.4, 0.5) is 5.69 Å². The molecule has 2 heterocycles. The van der Waals surface area contributed by atoms with E-state index in [4.69, 9.17) is 0 Å². The van der Waals surface area contributed by atoms with Gasteiger partial charge >= 0.3 is 0 Å². The molecule has 1 saturated heterocycles. The van der Waals surface area contributed by atoms with Crippen LogP contribution in [0.5, 0.6) is 0 Å². The monoisotopic (exact) mass is 230 g/mol. The molecular weight excluding hydrogens is 208 g/mol. The van der Waals surface area contributed by atoms with Gasteiger partial charge in [0.2, 0.25) is 0 Å². The van der Waals surface area contributed by atoms with Crippen LogP contribution >= 0.6 is 0 Å². The van der Waals surface area contributed by atoms with Crippen molar-refractivity contribution in [1.82, 2.24) is 5.32 Å². The van der Waals surface area contributed by atoms with Gasteiger partial charge in [-0.3, -0.25) is 0 Å². The van der Waals surface area contributed by atoms with Crippen molar-refractivity contribution in [3.63, 3.8) is 0 Å². The number of fused-ring (bicyclic) bond motifs is 1. The van der Waals surface area contributed by atoms with Crippen molar-refractivity contribution in [1.29, 1.82) is 0 Å². The summed E-state index contributed by atoms with van der Waals surface area (Å²) in [6, 6.07) is 8.93. The van der Waals surface area contributed by atoms with Crippen LogP contribution in [-0.4, -0.2) is 26.2 Å². The van der Waals surface area contributed by atoms with Gasteiger partial charge in [0.05, 0.1) is 0 Å². The standard InChI is InChI=1S/C15H22N2/c1-12-8-14-4-2-3-5-15(14)17(11-12)7-6-13-9-16-10-13/h2-5,12-13,16H,6-11H2,1H3. The topological polar surface area (TPSA) is 15.3 Å². The molecule has 2 aliphatic rings. The van der Waals surface area contributed by atoms with E-state index in [1.165, 1.54) is 50.3 Å². The van der Waals surface area contributed by atoms with E-state index in [9.17, 15) is 0 Å². The van der Waals surface area contributed by atoms with E-state index in [-0.39, 0.29) is 0 Å². The predicted molar refractivity (Wildman–Crippen MR) is 72.5 cm³/mol. The number of hydrogen-bond donors (Lipinski definition) is 1.